The molecule has 0 spiro atoms. The number of benzene rings is 2. The highest BCUT2D eigenvalue weighted by atomic mass is 16.3. The van der Waals surface area contributed by atoms with Crippen LogP contribution in [0, 0.1) is 0 Å². The van der Waals surface area contributed by atoms with E-state index >= 15 is 0 Å². The minimum atomic E-state index is -0.807. The molecule has 0 radical (unpaired) electrons. The van der Waals surface area contributed by atoms with Crippen LogP contribution in [0.2, 0.25) is 0 Å². The summed E-state index contributed by atoms with van der Waals surface area (Å²) in [5.41, 5.74) is 3.39. The third kappa shape index (κ3) is 5.35. The zero-order valence-corrected chi connectivity index (χ0v) is 19.4. The minimum Gasteiger partial charge on any atom is -0.508 e. The fraction of sp³-hybridized carbons (Fsp3) is 0.250. The Morgan fingerprint density at radius 3 is 2.46 bits per heavy atom. The van der Waals surface area contributed by atoms with E-state index in [9.17, 15) is 14.7 Å². The zero-order chi connectivity index (χ0) is 24.2. The van der Waals surface area contributed by atoms with Crippen molar-refractivity contribution in [3.05, 3.63) is 102 Å². The van der Waals surface area contributed by atoms with Crippen LogP contribution in [-0.4, -0.2) is 37.5 Å². The number of phenols is 1. The van der Waals surface area contributed by atoms with Crippen molar-refractivity contribution in [2.75, 3.05) is 0 Å². The Bertz CT molecular complexity index is 1280. The zero-order valence-electron chi connectivity index (χ0n) is 19.4. The molecule has 0 saturated heterocycles. The third-order valence-electron chi connectivity index (χ3n) is 6.30. The van der Waals surface area contributed by atoms with Gasteiger partial charge in [0.05, 0.1) is 11.2 Å². The molecule has 5 rings (SSSR count). The monoisotopic (exact) mass is 468 g/mol. The second-order valence-electron chi connectivity index (χ2n) is 8.94. The van der Waals surface area contributed by atoms with E-state index in [1.807, 2.05) is 72.9 Å². The Hall–Kier alpha value is -4.13. The molecule has 2 aromatic heterocycles. The number of phenolic OH excluding ortho intramolecular Hbond substituents is 1. The number of hydrogen-bond acceptors (Lipinski definition) is 4. The quantitative estimate of drug-likeness (QED) is 0.388. The standard InChI is InChI=1S/C28H28N4O3/c33-24-14-9-20(10-15-24)11-16-26(34)32(22-12-13-22)27(25-18-23-8-4-5-17-31(23)30-25)28(35)29-19-21-6-2-1-3-7-21/h1-10,14-15,17-18,22,27,33H,11-13,16,19H2,(H,29,35). The van der Waals surface area contributed by atoms with Crippen LogP contribution in [0.15, 0.2) is 85.1 Å². The first-order valence-electron chi connectivity index (χ1n) is 11.9. The molecule has 178 valence electrons. The maximum absolute atomic E-state index is 13.6. The first-order chi connectivity index (χ1) is 17.1. The molecular formula is C28H28N4O3. The Morgan fingerprint density at radius 1 is 1.00 bits per heavy atom. The van der Waals surface area contributed by atoms with Gasteiger partial charge in [-0.3, -0.25) is 9.59 Å². The summed E-state index contributed by atoms with van der Waals surface area (Å²) in [5.74, 6) is -0.110. The van der Waals surface area contributed by atoms with Crippen molar-refractivity contribution in [3.63, 3.8) is 0 Å². The molecule has 1 atom stereocenters. The molecule has 7 heteroatoms. The third-order valence-corrected chi connectivity index (χ3v) is 6.30. The lowest BCUT2D eigenvalue weighted by atomic mass is 10.1. The summed E-state index contributed by atoms with van der Waals surface area (Å²) in [6.45, 7) is 0.379. The second kappa shape index (κ2) is 10.0. The van der Waals surface area contributed by atoms with Gasteiger partial charge in [0.25, 0.3) is 0 Å². The fourth-order valence-electron chi connectivity index (χ4n) is 4.33. The Balaban J connectivity index is 1.41. The number of fused-ring (bicyclic) bond motifs is 1. The van der Waals surface area contributed by atoms with Gasteiger partial charge in [-0.15, -0.1) is 0 Å². The van der Waals surface area contributed by atoms with Crippen LogP contribution in [0.25, 0.3) is 5.52 Å². The lowest BCUT2D eigenvalue weighted by molar-refractivity contribution is -0.141. The van der Waals surface area contributed by atoms with E-state index < -0.39 is 6.04 Å². The van der Waals surface area contributed by atoms with Crippen molar-refractivity contribution in [1.82, 2.24) is 19.8 Å². The molecule has 2 N–H and O–H groups in total. The summed E-state index contributed by atoms with van der Waals surface area (Å²) < 4.78 is 1.73. The normalized spacial score (nSPS) is 13.9. The number of carbonyl (C=O) groups excluding carboxylic acids is 2. The van der Waals surface area contributed by atoms with Crippen LogP contribution < -0.4 is 5.32 Å². The number of hydrogen-bond donors (Lipinski definition) is 2. The SMILES string of the molecule is O=C(NCc1ccccc1)C(c1cc2ccccn2n1)N(C(=O)CCc1ccc(O)cc1)C1CC1. The van der Waals surface area contributed by atoms with E-state index in [0.717, 1.165) is 29.5 Å². The van der Waals surface area contributed by atoms with Crippen LogP contribution in [0.4, 0.5) is 0 Å². The van der Waals surface area contributed by atoms with Crippen LogP contribution in [-0.2, 0) is 22.6 Å². The number of nitrogens with one attached hydrogen (secondary N) is 1. The molecule has 0 aliphatic heterocycles. The number of aryl methyl sites for hydroxylation is 1. The smallest absolute Gasteiger partial charge is 0.249 e. The van der Waals surface area contributed by atoms with E-state index in [0.29, 0.717) is 18.7 Å². The Kier molecular flexibility index (Phi) is 6.48. The van der Waals surface area contributed by atoms with Crippen molar-refractivity contribution in [2.24, 2.45) is 0 Å². The largest absolute Gasteiger partial charge is 0.508 e. The van der Waals surface area contributed by atoms with Crippen LogP contribution in [0.3, 0.4) is 0 Å². The lowest BCUT2D eigenvalue weighted by Gasteiger charge is -2.30. The molecule has 2 heterocycles. The fourth-order valence-corrected chi connectivity index (χ4v) is 4.33. The summed E-state index contributed by atoms with van der Waals surface area (Å²) in [6.07, 6.45) is 4.40. The predicted molar refractivity (Wildman–Crippen MR) is 133 cm³/mol. The van der Waals surface area contributed by atoms with Crippen molar-refractivity contribution in [1.29, 1.82) is 0 Å². The molecule has 0 bridgehead atoms. The van der Waals surface area contributed by atoms with E-state index in [1.54, 1.807) is 21.5 Å². The summed E-state index contributed by atoms with van der Waals surface area (Å²) in [7, 11) is 0. The first kappa shape index (κ1) is 22.7. The number of aromatic nitrogens is 2. The van der Waals surface area contributed by atoms with Gasteiger partial charge in [0.2, 0.25) is 11.8 Å². The second-order valence-corrected chi connectivity index (χ2v) is 8.94. The maximum atomic E-state index is 13.6. The number of amides is 2. The summed E-state index contributed by atoms with van der Waals surface area (Å²) in [5, 5.41) is 17.2. The molecule has 1 saturated carbocycles. The van der Waals surface area contributed by atoms with Gasteiger partial charge in [-0.05, 0) is 60.7 Å². The van der Waals surface area contributed by atoms with Gasteiger partial charge in [-0.2, -0.15) is 5.10 Å². The lowest BCUT2D eigenvalue weighted by Crippen LogP contribution is -2.45. The van der Waals surface area contributed by atoms with Crippen molar-refractivity contribution < 1.29 is 14.7 Å². The van der Waals surface area contributed by atoms with Crippen molar-refractivity contribution >= 4 is 17.3 Å². The molecule has 1 unspecified atom stereocenters. The first-order valence-corrected chi connectivity index (χ1v) is 11.9. The molecule has 1 aliphatic rings. The highest BCUT2D eigenvalue weighted by Crippen LogP contribution is 2.35. The molecule has 2 amide bonds. The Labute approximate surface area is 204 Å². The Morgan fingerprint density at radius 2 is 1.74 bits per heavy atom. The van der Waals surface area contributed by atoms with Gasteiger partial charge in [0, 0.05) is 25.2 Å². The van der Waals surface area contributed by atoms with E-state index in [1.165, 1.54) is 0 Å². The molecular weight excluding hydrogens is 440 g/mol. The molecule has 1 aliphatic carbocycles. The summed E-state index contributed by atoms with van der Waals surface area (Å²) >= 11 is 0. The van der Waals surface area contributed by atoms with E-state index in [4.69, 9.17) is 0 Å². The van der Waals surface area contributed by atoms with Gasteiger partial charge >= 0.3 is 0 Å². The number of pyridine rings is 1. The average molecular weight is 469 g/mol. The number of aromatic hydroxyl groups is 1. The van der Waals surface area contributed by atoms with Gasteiger partial charge in [0.15, 0.2) is 6.04 Å². The van der Waals surface area contributed by atoms with Crippen molar-refractivity contribution in [3.8, 4) is 5.75 Å². The number of rotatable bonds is 9. The van der Waals surface area contributed by atoms with Crippen LogP contribution >= 0.6 is 0 Å². The topological polar surface area (TPSA) is 86.9 Å². The molecule has 35 heavy (non-hydrogen) atoms. The number of nitrogens with zero attached hydrogens (tertiary/aromatic N) is 3. The summed E-state index contributed by atoms with van der Waals surface area (Å²) in [6, 6.07) is 23.4. The summed E-state index contributed by atoms with van der Waals surface area (Å²) in [4.78, 5) is 28.9. The predicted octanol–water partition coefficient (Wildman–Crippen LogP) is 4.02. The van der Waals surface area contributed by atoms with E-state index in [2.05, 4.69) is 10.4 Å². The number of carbonyl (C=O) groups is 2. The highest BCUT2D eigenvalue weighted by Gasteiger charge is 2.42. The molecule has 4 aromatic rings. The van der Waals surface area contributed by atoms with Gasteiger partial charge in [0.1, 0.15) is 5.75 Å². The maximum Gasteiger partial charge on any atom is 0.249 e. The molecule has 1 fully saturated rings. The molecule has 7 nitrogen and oxygen atoms in total. The van der Waals surface area contributed by atoms with Gasteiger partial charge < -0.3 is 15.3 Å². The van der Waals surface area contributed by atoms with Crippen LogP contribution in [0.5, 0.6) is 5.75 Å². The van der Waals surface area contributed by atoms with Gasteiger partial charge in [-0.1, -0.05) is 48.5 Å². The highest BCUT2D eigenvalue weighted by molar-refractivity contribution is 5.89. The van der Waals surface area contributed by atoms with Crippen LogP contribution in [0.1, 0.15) is 42.1 Å². The molecule has 2 aromatic carbocycles. The average Bonchev–Trinajstić information content (AvgIpc) is 3.63. The minimum absolute atomic E-state index is 0.0274. The van der Waals surface area contributed by atoms with E-state index in [-0.39, 0.29) is 30.0 Å². The van der Waals surface area contributed by atoms with Crippen molar-refractivity contribution in [2.45, 2.75) is 44.3 Å². The van der Waals surface area contributed by atoms with Gasteiger partial charge in [-0.25, -0.2) is 4.52 Å².